The van der Waals surface area contributed by atoms with Crippen LogP contribution in [0.4, 0.5) is 0 Å². The number of carbonyl (C=O) groups excluding carboxylic acids is 2. The maximum atomic E-state index is 12.7. The third-order valence-corrected chi connectivity index (χ3v) is 5.46. The average molecular weight is 253 g/mol. The molecule has 0 N–H and O–H groups in total. The Morgan fingerprint density at radius 3 is 1.17 bits per heavy atom. The summed E-state index contributed by atoms with van der Waals surface area (Å²) in [5, 5.41) is 0. The van der Waals surface area contributed by atoms with Gasteiger partial charge in [0.1, 0.15) is 0 Å². The van der Waals surface area contributed by atoms with Crippen molar-refractivity contribution < 1.29 is 9.59 Å². The fraction of sp³-hybridized carbons (Fsp3) is 0.867. The maximum Gasteiger partial charge on any atom is 0.236 e. The predicted molar refractivity (Wildman–Crippen MR) is 72.9 cm³/mol. The number of hydrogen-bond donors (Lipinski definition) is 0. The van der Waals surface area contributed by atoms with E-state index in [4.69, 9.17) is 0 Å². The van der Waals surface area contributed by atoms with Crippen molar-refractivity contribution in [2.75, 3.05) is 7.05 Å². The summed E-state index contributed by atoms with van der Waals surface area (Å²) >= 11 is 0. The van der Waals surface area contributed by atoms with Crippen LogP contribution in [0, 0.1) is 21.7 Å². The van der Waals surface area contributed by atoms with Gasteiger partial charge in [-0.25, -0.2) is 0 Å². The zero-order valence-electron chi connectivity index (χ0n) is 13.3. The van der Waals surface area contributed by atoms with Crippen molar-refractivity contribution in [3.63, 3.8) is 0 Å². The summed E-state index contributed by atoms with van der Waals surface area (Å²) in [5.41, 5.74) is -1.92. The summed E-state index contributed by atoms with van der Waals surface area (Å²) in [4.78, 5) is 26.6. The Kier molecular flexibility index (Phi) is 3.02. The quantitative estimate of drug-likeness (QED) is 0.622. The minimum Gasteiger partial charge on any atom is -0.285 e. The van der Waals surface area contributed by atoms with E-state index in [1.807, 2.05) is 55.4 Å². The van der Waals surface area contributed by atoms with Gasteiger partial charge in [-0.2, -0.15) is 0 Å². The van der Waals surface area contributed by atoms with Crippen LogP contribution < -0.4 is 0 Å². The molecule has 0 aromatic carbocycles. The lowest BCUT2D eigenvalue weighted by atomic mass is 9.47. The van der Waals surface area contributed by atoms with Crippen LogP contribution in [-0.2, 0) is 9.59 Å². The van der Waals surface area contributed by atoms with Crippen molar-refractivity contribution >= 4 is 11.8 Å². The molecule has 0 bridgehead atoms. The molecule has 1 fully saturated rings. The SMILES string of the molecule is CN1C(=O)C(C)(C(C)(C)C)C(C)(C(C)(C)C)C1=O. The van der Waals surface area contributed by atoms with Crippen molar-refractivity contribution in [1.82, 2.24) is 4.90 Å². The molecule has 0 spiro atoms. The number of carbonyl (C=O) groups is 2. The first-order valence-corrected chi connectivity index (χ1v) is 6.55. The molecule has 0 radical (unpaired) electrons. The van der Waals surface area contributed by atoms with Crippen molar-refractivity contribution in [3.8, 4) is 0 Å². The summed E-state index contributed by atoms with van der Waals surface area (Å²) in [6, 6.07) is 0. The van der Waals surface area contributed by atoms with E-state index < -0.39 is 10.8 Å². The molecular formula is C15H27NO2. The van der Waals surface area contributed by atoms with Gasteiger partial charge in [-0.3, -0.25) is 14.5 Å². The molecule has 2 unspecified atom stereocenters. The first-order valence-electron chi connectivity index (χ1n) is 6.55. The lowest BCUT2D eigenvalue weighted by Gasteiger charge is -2.52. The van der Waals surface area contributed by atoms with Gasteiger partial charge in [-0.1, -0.05) is 41.5 Å². The number of nitrogens with zero attached hydrogens (tertiary/aromatic N) is 1. The molecule has 1 aliphatic rings. The highest BCUT2D eigenvalue weighted by atomic mass is 16.2. The van der Waals surface area contributed by atoms with Gasteiger partial charge < -0.3 is 0 Å². The molecule has 1 saturated heterocycles. The van der Waals surface area contributed by atoms with E-state index in [9.17, 15) is 9.59 Å². The van der Waals surface area contributed by atoms with Crippen LogP contribution in [0.2, 0.25) is 0 Å². The van der Waals surface area contributed by atoms with Crippen molar-refractivity contribution in [3.05, 3.63) is 0 Å². The molecule has 1 aliphatic heterocycles. The molecular weight excluding hydrogens is 226 g/mol. The highest BCUT2D eigenvalue weighted by Crippen LogP contribution is 2.63. The fourth-order valence-corrected chi connectivity index (χ4v) is 3.33. The van der Waals surface area contributed by atoms with Crippen LogP contribution in [-0.4, -0.2) is 23.8 Å². The van der Waals surface area contributed by atoms with E-state index in [1.165, 1.54) is 4.90 Å². The first kappa shape index (κ1) is 15.2. The molecule has 18 heavy (non-hydrogen) atoms. The van der Waals surface area contributed by atoms with E-state index in [-0.39, 0.29) is 22.6 Å². The minimum absolute atomic E-state index is 0.0579. The Balaban J connectivity index is 3.66. The molecule has 0 aromatic heterocycles. The van der Waals surface area contributed by atoms with Gasteiger partial charge in [0.15, 0.2) is 0 Å². The van der Waals surface area contributed by atoms with Crippen LogP contribution >= 0.6 is 0 Å². The van der Waals surface area contributed by atoms with Crippen molar-refractivity contribution in [2.45, 2.75) is 55.4 Å². The zero-order chi connectivity index (χ0) is 14.7. The van der Waals surface area contributed by atoms with Gasteiger partial charge in [0.2, 0.25) is 11.8 Å². The predicted octanol–water partition coefficient (Wildman–Crippen LogP) is 3.09. The maximum absolute atomic E-state index is 12.7. The third kappa shape index (κ3) is 1.42. The van der Waals surface area contributed by atoms with E-state index in [2.05, 4.69) is 0 Å². The minimum atomic E-state index is -0.690. The van der Waals surface area contributed by atoms with Crippen LogP contribution in [0.3, 0.4) is 0 Å². The number of amides is 2. The van der Waals surface area contributed by atoms with Gasteiger partial charge in [-0.15, -0.1) is 0 Å². The van der Waals surface area contributed by atoms with Gasteiger partial charge in [-0.05, 0) is 24.7 Å². The zero-order valence-corrected chi connectivity index (χ0v) is 13.3. The lowest BCUT2D eigenvalue weighted by molar-refractivity contribution is -0.154. The van der Waals surface area contributed by atoms with Crippen molar-refractivity contribution in [2.24, 2.45) is 21.7 Å². The van der Waals surface area contributed by atoms with Crippen LogP contribution in [0.5, 0.6) is 0 Å². The molecule has 2 amide bonds. The molecule has 3 nitrogen and oxygen atoms in total. The number of hydrogen-bond acceptors (Lipinski definition) is 2. The summed E-state index contributed by atoms with van der Waals surface area (Å²) in [6.07, 6.45) is 0. The highest BCUT2D eigenvalue weighted by molar-refractivity contribution is 6.09. The standard InChI is InChI=1S/C15H27NO2/c1-12(2,3)14(7)10(17)16(9)11(18)15(14,8)13(4,5)6/h1-9H3. The highest BCUT2D eigenvalue weighted by Gasteiger charge is 2.71. The average Bonchev–Trinajstić information content (AvgIpc) is 2.31. The van der Waals surface area contributed by atoms with E-state index in [0.717, 1.165) is 0 Å². The third-order valence-electron chi connectivity index (χ3n) is 5.46. The van der Waals surface area contributed by atoms with E-state index in [1.54, 1.807) is 7.05 Å². The summed E-state index contributed by atoms with van der Waals surface area (Å²) in [6.45, 7) is 16.2. The van der Waals surface area contributed by atoms with Gasteiger partial charge >= 0.3 is 0 Å². The second-order valence-electron chi connectivity index (χ2n) is 7.92. The molecule has 2 atom stereocenters. The Bertz CT molecular complexity index is 362. The summed E-state index contributed by atoms with van der Waals surface area (Å²) in [5.74, 6) is -0.116. The first-order chi connectivity index (χ1) is 7.73. The Morgan fingerprint density at radius 1 is 0.778 bits per heavy atom. The molecule has 1 rings (SSSR count). The number of likely N-dealkylation sites (tertiary alicyclic amines) is 1. The second-order valence-corrected chi connectivity index (χ2v) is 7.92. The van der Waals surface area contributed by atoms with Crippen LogP contribution in [0.15, 0.2) is 0 Å². The van der Waals surface area contributed by atoms with Crippen LogP contribution in [0.25, 0.3) is 0 Å². The Morgan fingerprint density at radius 2 is 1.00 bits per heavy atom. The molecule has 0 aromatic rings. The molecule has 1 heterocycles. The van der Waals surface area contributed by atoms with Crippen LogP contribution in [0.1, 0.15) is 55.4 Å². The number of imide groups is 1. The number of rotatable bonds is 0. The summed E-state index contributed by atoms with van der Waals surface area (Å²) in [7, 11) is 1.60. The Hall–Kier alpha value is -0.860. The smallest absolute Gasteiger partial charge is 0.236 e. The van der Waals surface area contributed by atoms with E-state index in [0.29, 0.717) is 0 Å². The topological polar surface area (TPSA) is 37.4 Å². The van der Waals surface area contributed by atoms with Gasteiger partial charge in [0.25, 0.3) is 0 Å². The lowest BCUT2D eigenvalue weighted by Crippen LogP contribution is -2.55. The largest absolute Gasteiger partial charge is 0.285 e. The van der Waals surface area contributed by atoms with E-state index >= 15 is 0 Å². The normalized spacial score (nSPS) is 34.4. The summed E-state index contributed by atoms with van der Waals surface area (Å²) < 4.78 is 0. The molecule has 0 saturated carbocycles. The second kappa shape index (κ2) is 3.58. The molecule has 104 valence electrons. The monoisotopic (exact) mass is 253 g/mol. The molecule has 3 heteroatoms. The molecule has 0 aliphatic carbocycles. The fourth-order valence-electron chi connectivity index (χ4n) is 3.33. The Labute approximate surface area is 111 Å². The van der Waals surface area contributed by atoms with Gasteiger partial charge in [0.05, 0.1) is 10.8 Å². The van der Waals surface area contributed by atoms with Crippen molar-refractivity contribution in [1.29, 1.82) is 0 Å². The van der Waals surface area contributed by atoms with Gasteiger partial charge in [0, 0.05) is 7.05 Å².